The number of aromatic carboxylic acids is 1. The Kier molecular flexibility index (Phi) is 3.62. The van der Waals surface area contributed by atoms with E-state index in [9.17, 15) is 9.90 Å². The van der Waals surface area contributed by atoms with Crippen molar-refractivity contribution in [3.63, 3.8) is 0 Å². The molecule has 0 bridgehead atoms. The number of rotatable bonds is 5. The molecule has 0 aliphatic rings. The predicted molar refractivity (Wildman–Crippen MR) is 81.0 cm³/mol. The monoisotopic (exact) mass is 302 g/mol. The third-order valence-electron chi connectivity index (χ3n) is 3.21. The summed E-state index contributed by atoms with van der Waals surface area (Å²) >= 11 is 1.28. The fourth-order valence-electron chi connectivity index (χ4n) is 2.16. The number of benzene rings is 1. The van der Waals surface area contributed by atoms with Gasteiger partial charge in [-0.1, -0.05) is 18.2 Å². The Balaban J connectivity index is 1.91. The average molecular weight is 302 g/mol. The minimum absolute atomic E-state index is 0.223. The highest BCUT2D eigenvalue weighted by molar-refractivity contribution is 7.21. The van der Waals surface area contributed by atoms with E-state index in [4.69, 9.17) is 4.74 Å². The Morgan fingerprint density at radius 3 is 2.95 bits per heavy atom. The molecule has 0 aliphatic heterocycles. The molecule has 0 amide bonds. The average Bonchev–Trinajstić information content (AvgIpc) is 3.09. The molecule has 0 unspecified atom stereocenters. The van der Waals surface area contributed by atoms with Crippen molar-refractivity contribution in [2.45, 2.75) is 20.1 Å². The summed E-state index contributed by atoms with van der Waals surface area (Å²) in [6, 6.07) is 7.65. The van der Waals surface area contributed by atoms with E-state index in [1.54, 1.807) is 17.1 Å². The Morgan fingerprint density at radius 2 is 2.24 bits per heavy atom. The first kappa shape index (κ1) is 13.6. The summed E-state index contributed by atoms with van der Waals surface area (Å²) in [5.74, 6) is -0.275. The van der Waals surface area contributed by atoms with Crippen molar-refractivity contribution in [2.75, 3.05) is 0 Å². The maximum absolute atomic E-state index is 11.4. The van der Waals surface area contributed by atoms with Crippen LogP contribution in [-0.4, -0.2) is 20.9 Å². The standard InChI is InChI=1S/C15H14N2O3S/c1-2-17-8-10(7-16-17)20-9-12-11-5-3-4-6-13(11)21-14(12)15(18)19/h3-8H,2,9H2,1H3,(H,18,19). The van der Waals surface area contributed by atoms with E-state index in [0.29, 0.717) is 16.2 Å². The first-order valence-corrected chi connectivity index (χ1v) is 7.39. The second-order valence-electron chi connectivity index (χ2n) is 4.53. The van der Waals surface area contributed by atoms with E-state index < -0.39 is 5.97 Å². The quantitative estimate of drug-likeness (QED) is 0.784. The highest BCUT2D eigenvalue weighted by Crippen LogP contribution is 2.32. The summed E-state index contributed by atoms with van der Waals surface area (Å²) in [4.78, 5) is 11.7. The summed E-state index contributed by atoms with van der Waals surface area (Å²) in [6.07, 6.45) is 3.44. The van der Waals surface area contributed by atoms with Gasteiger partial charge in [-0.05, 0) is 18.4 Å². The number of fused-ring (bicyclic) bond motifs is 1. The minimum Gasteiger partial charge on any atom is -0.486 e. The number of aromatic nitrogens is 2. The maximum atomic E-state index is 11.4. The maximum Gasteiger partial charge on any atom is 0.346 e. The van der Waals surface area contributed by atoms with Crippen LogP contribution in [0.2, 0.25) is 0 Å². The van der Waals surface area contributed by atoms with E-state index in [1.165, 1.54) is 11.3 Å². The van der Waals surface area contributed by atoms with Crippen LogP contribution in [-0.2, 0) is 13.2 Å². The SMILES string of the molecule is CCn1cc(OCc2c(C(=O)O)sc3ccccc23)cn1. The van der Waals surface area contributed by atoms with Crippen LogP contribution < -0.4 is 4.74 Å². The largest absolute Gasteiger partial charge is 0.486 e. The zero-order valence-corrected chi connectivity index (χ0v) is 12.3. The molecule has 2 aromatic heterocycles. The van der Waals surface area contributed by atoms with Crippen molar-refractivity contribution in [1.82, 2.24) is 9.78 Å². The first-order valence-electron chi connectivity index (χ1n) is 6.58. The highest BCUT2D eigenvalue weighted by Gasteiger charge is 2.18. The van der Waals surface area contributed by atoms with Gasteiger partial charge in [0, 0.05) is 16.8 Å². The van der Waals surface area contributed by atoms with E-state index in [2.05, 4.69) is 5.10 Å². The molecule has 0 atom stereocenters. The molecule has 1 aromatic carbocycles. The zero-order chi connectivity index (χ0) is 14.8. The molecular weight excluding hydrogens is 288 g/mol. The molecule has 21 heavy (non-hydrogen) atoms. The lowest BCUT2D eigenvalue weighted by atomic mass is 10.1. The van der Waals surface area contributed by atoms with Crippen LogP contribution in [0.25, 0.3) is 10.1 Å². The molecule has 3 aromatic rings. The first-order chi connectivity index (χ1) is 10.2. The van der Waals surface area contributed by atoms with Gasteiger partial charge in [-0.2, -0.15) is 5.10 Å². The van der Waals surface area contributed by atoms with E-state index in [-0.39, 0.29) is 6.61 Å². The molecule has 0 saturated heterocycles. The molecule has 0 aliphatic carbocycles. The van der Waals surface area contributed by atoms with Crippen LogP contribution in [0, 0.1) is 0 Å². The molecule has 2 heterocycles. The van der Waals surface area contributed by atoms with Crippen LogP contribution >= 0.6 is 11.3 Å². The van der Waals surface area contributed by atoms with Gasteiger partial charge in [-0.3, -0.25) is 4.68 Å². The van der Waals surface area contributed by atoms with Gasteiger partial charge in [0.1, 0.15) is 11.5 Å². The zero-order valence-electron chi connectivity index (χ0n) is 11.4. The predicted octanol–water partition coefficient (Wildman–Crippen LogP) is 3.39. The number of hydrogen-bond acceptors (Lipinski definition) is 4. The molecule has 0 saturated carbocycles. The minimum atomic E-state index is -0.918. The molecule has 108 valence electrons. The number of thiophene rings is 1. The lowest BCUT2D eigenvalue weighted by Gasteiger charge is -2.04. The normalized spacial score (nSPS) is 10.9. The molecule has 0 spiro atoms. The Hall–Kier alpha value is -2.34. The lowest BCUT2D eigenvalue weighted by molar-refractivity contribution is 0.0699. The van der Waals surface area contributed by atoms with E-state index in [1.807, 2.05) is 31.2 Å². The third-order valence-corrected chi connectivity index (χ3v) is 4.41. The van der Waals surface area contributed by atoms with Crippen molar-refractivity contribution in [2.24, 2.45) is 0 Å². The topological polar surface area (TPSA) is 64.3 Å². The van der Waals surface area contributed by atoms with Crippen LogP contribution in [0.1, 0.15) is 22.2 Å². The van der Waals surface area contributed by atoms with Crippen LogP contribution in [0.15, 0.2) is 36.7 Å². The fraction of sp³-hybridized carbons (Fsp3) is 0.200. The molecular formula is C15H14N2O3S. The highest BCUT2D eigenvalue weighted by atomic mass is 32.1. The third kappa shape index (κ3) is 2.62. The summed E-state index contributed by atoms with van der Waals surface area (Å²) in [5, 5.41) is 14.4. The van der Waals surface area contributed by atoms with Crippen molar-refractivity contribution < 1.29 is 14.6 Å². The second kappa shape index (κ2) is 5.57. The number of nitrogens with zero attached hydrogens (tertiary/aromatic N) is 2. The lowest BCUT2D eigenvalue weighted by Crippen LogP contribution is -2.02. The van der Waals surface area contributed by atoms with Crippen molar-refractivity contribution in [3.05, 3.63) is 47.1 Å². The fourth-order valence-corrected chi connectivity index (χ4v) is 3.21. The van der Waals surface area contributed by atoms with Crippen molar-refractivity contribution in [3.8, 4) is 5.75 Å². The number of carbonyl (C=O) groups is 1. The van der Waals surface area contributed by atoms with Gasteiger partial charge in [0.15, 0.2) is 5.75 Å². The van der Waals surface area contributed by atoms with Gasteiger partial charge in [0.2, 0.25) is 0 Å². The summed E-state index contributed by atoms with van der Waals surface area (Å²) in [6.45, 7) is 2.98. The molecule has 0 fully saturated rings. The van der Waals surface area contributed by atoms with Gasteiger partial charge < -0.3 is 9.84 Å². The molecule has 3 rings (SSSR count). The van der Waals surface area contributed by atoms with E-state index >= 15 is 0 Å². The molecule has 0 radical (unpaired) electrons. The number of carboxylic acids is 1. The second-order valence-corrected chi connectivity index (χ2v) is 5.58. The Bertz CT molecular complexity index is 791. The number of ether oxygens (including phenoxy) is 1. The Morgan fingerprint density at radius 1 is 1.43 bits per heavy atom. The Labute approximate surface area is 125 Å². The summed E-state index contributed by atoms with van der Waals surface area (Å²) in [7, 11) is 0. The van der Waals surface area contributed by atoms with Gasteiger partial charge in [-0.15, -0.1) is 11.3 Å². The van der Waals surface area contributed by atoms with Gasteiger partial charge in [-0.25, -0.2) is 4.79 Å². The van der Waals surface area contributed by atoms with Gasteiger partial charge in [0.05, 0.1) is 12.4 Å². The van der Waals surface area contributed by atoms with Crippen LogP contribution in [0.5, 0.6) is 5.75 Å². The molecule has 5 nitrogen and oxygen atoms in total. The van der Waals surface area contributed by atoms with Crippen LogP contribution in [0.3, 0.4) is 0 Å². The number of hydrogen-bond donors (Lipinski definition) is 1. The summed E-state index contributed by atoms with van der Waals surface area (Å²) in [5.41, 5.74) is 0.715. The van der Waals surface area contributed by atoms with Crippen molar-refractivity contribution in [1.29, 1.82) is 0 Å². The van der Waals surface area contributed by atoms with E-state index in [0.717, 1.165) is 16.6 Å². The smallest absolute Gasteiger partial charge is 0.346 e. The number of aryl methyl sites for hydroxylation is 1. The van der Waals surface area contributed by atoms with Gasteiger partial charge >= 0.3 is 5.97 Å². The summed E-state index contributed by atoms with van der Waals surface area (Å²) < 4.78 is 8.41. The number of carboxylic acid groups (broad SMARTS) is 1. The molecule has 1 N–H and O–H groups in total. The van der Waals surface area contributed by atoms with Crippen molar-refractivity contribution >= 4 is 27.4 Å². The van der Waals surface area contributed by atoms with Gasteiger partial charge in [0.25, 0.3) is 0 Å². The van der Waals surface area contributed by atoms with Crippen LogP contribution in [0.4, 0.5) is 0 Å². The molecule has 6 heteroatoms.